The van der Waals surface area contributed by atoms with Gasteiger partial charge in [-0.05, 0) is 25.2 Å². The molecule has 1 aromatic heterocycles. The van der Waals surface area contributed by atoms with Crippen molar-refractivity contribution in [1.29, 1.82) is 0 Å². The van der Waals surface area contributed by atoms with Gasteiger partial charge in [0.25, 0.3) is 5.91 Å². The van der Waals surface area contributed by atoms with Crippen LogP contribution in [0.4, 0.5) is 5.69 Å². The van der Waals surface area contributed by atoms with Gasteiger partial charge in [0.1, 0.15) is 0 Å². The lowest BCUT2D eigenvalue weighted by Crippen LogP contribution is -2.45. The second-order valence-electron chi connectivity index (χ2n) is 4.59. The number of nitrogens with one attached hydrogen (secondary N) is 2. The second-order valence-corrected chi connectivity index (χ2v) is 5.87. The first-order valence-electron chi connectivity index (χ1n) is 6.16. The van der Waals surface area contributed by atoms with Gasteiger partial charge < -0.3 is 10.6 Å². The number of pyridine rings is 1. The second kappa shape index (κ2) is 5.61. The molecule has 4 nitrogen and oxygen atoms in total. The van der Waals surface area contributed by atoms with Crippen molar-refractivity contribution in [2.75, 3.05) is 25.2 Å². The average molecular weight is 265 g/mol. The summed E-state index contributed by atoms with van der Waals surface area (Å²) in [5.74, 6) is -0.0259. The number of carbonyl (C=O) groups excluding carboxylic acids is 1. The van der Waals surface area contributed by atoms with E-state index in [9.17, 15) is 4.79 Å². The highest BCUT2D eigenvalue weighted by Crippen LogP contribution is 2.42. The van der Waals surface area contributed by atoms with Crippen molar-refractivity contribution < 1.29 is 4.79 Å². The third kappa shape index (κ3) is 2.61. The minimum absolute atomic E-state index is 0.0259. The van der Waals surface area contributed by atoms with E-state index in [1.807, 2.05) is 11.8 Å². The van der Waals surface area contributed by atoms with E-state index >= 15 is 0 Å². The summed E-state index contributed by atoms with van der Waals surface area (Å²) < 4.78 is 0.266. The van der Waals surface area contributed by atoms with Crippen LogP contribution in [-0.2, 0) is 0 Å². The summed E-state index contributed by atoms with van der Waals surface area (Å²) in [7, 11) is 1.79. The SMILES string of the molecule is CNc1cnccc1C(=O)NCC1(SC)CCC1. The smallest absolute Gasteiger partial charge is 0.253 e. The highest BCUT2D eigenvalue weighted by Gasteiger charge is 2.36. The van der Waals surface area contributed by atoms with Gasteiger partial charge in [-0.3, -0.25) is 9.78 Å². The summed E-state index contributed by atoms with van der Waals surface area (Å²) in [6, 6.07) is 1.74. The summed E-state index contributed by atoms with van der Waals surface area (Å²) in [6.07, 6.45) is 9.10. The van der Waals surface area contributed by atoms with Gasteiger partial charge in [0.2, 0.25) is 0 Å². The van der Waals surface area contributed by atoms with Gasteiger partial charge in [-0.25, -0.2) is 0 Å². The zero-order valence-electron chi connectivity index (χ0n) is 10.8. The molecule has 1 aromatic rings. The van der Waals surface area contributed by atoms with Crippen LogP contribution in [0.5, 0.6) is 0 Å². The van der Waals surface area contributed by atoms with Crippen LogP contribution in [-0.4, -0.2) is 35.5 Å². The van der Waals surface area contributed by atoms with Crippen LogP contribution in [0.25, 0.3) is 0 Å². The van der Waals surface area contributed by atoms with Crippen molar-refractivity contribution in [1.82, 2.24) is 10.3 Å². The molecule has 2 rings (SSSR count). The van der Waals surface area contributed by atoms with E-state index < -0.39 is 0 Å². The minimum atomic E-state index is -0.0259. The molecule has 0 saturated heterocycles. The maximum absolute atomic E-state index is 12.1. The van der Waals surface area contributed by atoms with Gasteiger partial charge in [-0.1, -0.05) is 6.42 Å². The monoisotopic (exact) mass is 265 g/mol. The van der Waals surface area contributed by atoms with E-state index in [2.05, 4.69) is 21.9 Å². The van der Waals surface area contributed by atoms with Crippen LogP contribution in [0.2, 0.25) is 0 Å². The Morgan fingerprint density at radius 3 is 2.89 bits per heavy atom. The molecule has 5 heteroatoms. The highest BCUT2D eigenvalue weighted by atomic mass is 32.2. The number of nitrogens with zero attached hydrogens (tertiary/aromatic N) is 1. The molecule has 0 aromatic carbocycles. The Morgan fingerprint density at radius 1 is 1.56 bits per heavy atom. The van der Waals surface area contributed by atoms with Crippen LogP contribution in [0.1, 0.15) is 29.6 Å². The molecular formula is C13H19N3OS. The lowest BCUT2D eigenvalue weighted by molar-refractivity contribution is 0.0944. The lowest BCUT2D eigenvalue weighted by Gasteiger charge is -2.40. The Balaban J connectivity index is 1.99. The van der Waals surface area contributed by atoms with Crippen LogP contribution in [0, 0.1) is 0 Å². The number of thioether (sulfide) groups is 1. The van der Waals surface area contributed by atoms with Crippen molar-refractivity contribution in [2.45, 2.75) is 24.0 Å². The molecule has 98 valence electrons. The van der Waals surface area contributed by atoms with E-state index in [4.69, 9.17) is 0 Å². The maximum atomic E-state index is 12.1. The molecule has 0 bridgehead atoms. The van der Waals surface area contributed by atoms with Gasteiger partial charge in [0, 0.05) is 24.5 Å². The zero-order chi connectivity index (χ0) is 13.0. The summed E-state index contributed by atoms with van der Waals surface area (Å²) >= 11 is 1.86. The van der Waals surface area contributed by atoms with E-state index in [1.54, 1.807) is 25.5 Å². The van der Waals surface area contributed by atoms with Crippen LogP contribution in [0.15, 0.2) is 18.5 Å². The molecule has 2 N–H and O–H groups in total. The Bertz CT molecular complexity index is 426. The van der Waals surface area contributed by atoms with E-state index in [-0.39, 0.29) is 10.7 Å². The van der Waals surface area contributed by atoms with Gasteiger partial charge >= 0.3 is 0 Å². The highest BCUT2D eigenvalue weighted by molar-refractivity contribution is 8.00. The van der Waals surface area contributed by atoms with Crippen molar-refractivity contribution in [2.24, 2.45) is 0 Å². The molecule has 1 aliphatic carbocycles. The van der Waals surface area contributed by atoms with E-state index in [1.165, 1.54) is 19.3 Å². The molecular weight excluding hydrogens is 246 g/mol. The molecule has 0 radical (unpaired) electrons. The van der Waals surface area contributed by atoms with Gasteiger partial charge in [0.05, 0.1) is 17.4 Å². The molecule has 1 aliphatic rings. The number of anilines is 1. The molecule has 1 saturated carbocycles. The fourth-order valence-electron chi connectivity index (χ4n) is 2.15. The molecule has 1 fully saturated rings. The summed E-state index contributed by atoms with van der Waals surface area (Å²) in [5, 5.41) is 6.03. The number of hydrogen-bond acceptors (Lipinski definition) is 4. The van der Waals surface area contributed by atoms with Gasteiger partial charge in [-0.15, -0.1) is 0 Å². The van der Waals surface area contributed by atoms with Crippen LogP contribution in [0.3, 0.4) is 0 Å². The summed E-state index contributed by atoms with van der Waals surface area (Å²) in [6.45, 7) is 0.748. The maximum Gasteiger partial charge on any atom is 0.253 e. The number of hydrogen-bond donors (Lipinski definition) is 2. The summed E-state index contributed by atoms with van der Waals surface area (Å²) in [5.41, 5.74) is 1.42. The standard InChI is InChI=1S/C13H19N3OS/c1-14-11-8-15-7-4-10(11)12(17)16-9-13(18-2)5-3-6-13/h4,7-8,14H,3,5-6,9H2,1-2H3,(H,16,17). The Hall–Kier alpha value is -1.23. The van der Waals surface area contributed by atoms with Gasteiger partial charge in [-0.2, -0.15) is 11.8 Å². The Labute approximate surface area is 112 Å². The van der Waals surface area contributed by atoms with Crippen LogP contribution >= 0.6 is 11.8 Å². The first-order valence-corrected chi connectivity index (χ1v) is 7.38. The summed E-state index contributed by atoms with van der Waals surface area (Å²) in [4.78, 5) is 16.1. The normalized spacial score (nSPS) is 16.8. The topological polar surface area (TPSA) is 54.0 Å². The van der Waals surface area contributed by atoms with Crippen molar-refractivity contribution >= 4 is 23.4 Å². The van der Waals surface area contributed by atoms with Crippen LogP contribution < -0.4 is 10.6 Å². The zero-order valence-corrected chi connectivity index (χ0v) is 11.6. The molecule has 0 atom stereocenters. The first-order chi connectivity index (χ1) is 8.71. The first kappa shape index (κ1) is 13.2. The lowest BCUT2D eigenvalue weighted by atomic mass is 9.84. The fourth-order valence-corrected chi connectivity index (χ4v) is 3.07. The average Bonchev–Trinajstić information content (AvgIpc) is 2.37. The number of aromatic nitrogens is 1. The molecule has 1 amide bonds. The molecule has 0 unspecified atom stereocenters. The predicted octanol–water partition coefficient (Wildman–Crippen LogP) is 2.14. The molecule has 0 aliphatic heterocycles. The Morgan fingerprint density at radius 2 is 2.33 bits per heavy atom. The third-order valence-electron chi connectivity index (χ3n) is 3.60. The molecule has 18 heavy (non-hydrogen) atoms. The molecule has 1 heterocycles. The van der Waals surface area contributed by atoms with E-state index in [0.29, 0.717) is 5.56 Å². The quantitative estimate of drug-likeness (QED) is 0.856. The van der Waals surface area contributed by atoms with Crippen molar-refractivity contribution in [3.8, 4) is 0 Å². The van der Waals surface area contributed by atoms with Crippen molar-refractivity contribution in [3.63, 3.8) is 0 Å². The predicted molar refractivity (Wildman–Crippen MR) is 76.2 cm³/mol. The number of rotatable bonds is 5. The van der Waals surface area contributed by atoms with Crippen molar-refractivity contribution in [3.05, 3.63) is 24.0 Å². The Kier molecular flexibility index (Phi) is 4.11. The molecule has 0 spiro atoms. The van der Waals surface area contributed by atoms with Gasteiger partial charge in [0.15, 0.2) is 0 Å². The fraction of sp³-hybridized carbons (Fsp3) is 0.538. The van der Waals surface area contributed by atoms with E-state index in [0.717, 1.165) is 12.2 Å². The largest absolute Gasteiger partial charge is 0.386 e. The number of amides is 1. The minimum Gasteiger partial charge on any atom is -0.386 e. The third-order valence-corrected chi connectivity index (χ3v) is 5.02. The number of carbonyl (C=O) groups is 1.